The number of halogens is 1. The van der Waals surface area contributed by atoms with Crippen LogP contribution in [0.3, 0.4) is 0 Å². The minimum atomic E-state index is -0.258. The van der Waals surface area contributed by atoms with Crippen LogP contribution in [-0.2, 0) is 4.74 Å². The zero-order chi connectivity index (χ0) is 11.8. The van der Waals surface area contributed by atoms with Crippen molar-refractivity contribution < 1.29 is 13.9 Å². The number of ether oxygens (including phenoxy) is 1. The molecule has 0 aromatic carbocycles. The summed E-state index contributed by atoms with van der Waals surface area (Å²) >= 11 is 5.65. The number of hydrogen-bond acceptors (Lipinski definition) is 3. The lowest BCUT2D eigenvalue weighted by Crippen LogP contribution is -2.27. The molecule has 0 radical (unpaired) electrons. The van der Waals surface area contributed by atoms with Crippen LogP contribution in [-0.4, -0.2) is 25.7 Å². The maximum Gasteiger partial charge on any atom is 0.256 e. The lowest BCUT2D eigenvalue weighted by molar-refractivity contribution is 0.0917. The highest BCUT2D eigenvalue weighted by Gasteiger charge is 2.11. The van der Waals surface area contributed by atoms with Gasteiger partial charge in [-0.1, -0.05) is 6.08 Å². The third-order valence-corrected chi connectivity index (χ3v) is 2.15. The lowest BCUT2D eigenvalue weighted by atomic mass is 10.3. The van der Waals surface area contributed by atoms with E-state index in [1.54, 1.807) is 6.08 Å². The Kier molecular flexibility index (Phi) is 5.67. The van der Waals surface area contributed by atoms with Gasteiger partial charge in [-0.15, -0.1) is 6.58 Å². The molecule has 16 heavy (non-hydrogen) atoms. The molecule has 1 aromatic heterocycles. The molecule has 1 rings (SSSR count). The fraction of sp³-hybridized carbons (Fsp3) is 0.364. The van der Waals surface area contributed by atoms with Gasteiger partial charge in [-0.25, -0.2) is 0 Å². The average molecular weight is 244 g/mol. The molecule has 4 nitrogen and oxygen atoms in total. The first-order chi connectivity index (χ1) is 7.75. The summed E-state index contributed by atoms with van der Waals surface area (Å²) in [5.74, 6) is -0.258. The van der Waals surface area contributed by atoms with Crippen LogP contribution in [0.5, 0.6) is 0 Å². The monoisotopic (exact) mass is 243 g/mol. The number of furan rings is 1. The standard InChI is InChI=1S/C11H14ClNO3/c1-2-3-6-15-8-5-13-11(14)9-4-7-16-10(9)12/h2,4,7H,1,3,5-6,8H2,(H,13,14). The van der Waals surface area contributed by atoms with E-state index in [4.69, 9.17) is 20.8 Å². The zero-order valence-corrected chi connectivity index (χ0v) is 9.63. The molecule has 0 aliphatic heterocycles. The molecule has 88 valence electrons. The highest BCUT2D eigenvalue weighted by molar-refractivity contribution is 6.32. The summed E-state index contributed by atoms with van der Waals surface area (Å²) in [6.45, 7) is 5.10. The van der Waals surface area contributed by atoms with E-state index in [2.05, 4.69) is 11.9 Å². The molecule has 1 heterocycles. The Bertz CT molecular complexity index is 349. The van der Waals surface area contributed by atoms with Gasteiger partial charge in [-0.2, -0.15) is 0 Å². The second-order valence-corrected chi connectivity index (χ2v) is 3.40. The van der Waals surface area contributed by atoms with Crippen LogP contribution in [0.2, 0.25) is 5.22 Å². The van der Waals surface area contributed by atoms with Gasteiger partial charge in [0.25, 0.3) is 5.91 Å². The predicted molar refractivity (Wildman–Crippen MR) is 61.7 cm³/mol. The van der Waals surface area contributed by atoms with Crippen molar-refractivity contribution in [1.29, 1.82) is 0 Å². The van der Waals surface area contributed by atoms with Crippen LogP contribution in [0.4, 0.5) is 0 Å². The Balaban J connectivity index is 2.16. The van der Waals surface area contributed by atoms with Crippen LogP contribution < -0.4 is 5.32 Å². The largest absolute Gasteiger partial charge is 0.452 e. The Morgan fingerprint density at radius 3 is 3.06 bits per heavy atom. The Hall–Kier alpha value is -1.26. The summed E-state index contributed by atoms with van der Waals surface area (Å²) in [4.78, 5) is 11.5. The first-order valence-corrected chi connectivity index (χ1v) is 5.33. The molecule has 1 N–H and O–H groups in total. The van der Waals surface area contributed by atoms with E-state index in [9.17, 15) is 4.79 Å². The van der Waals surface area contributed by atoms with Crippen molar-refractivity contribution in [3.8, 4) is 0 Å². The molecular weight excluding hydrogens is 230 g/mol. The van der Waals surface area contributed by atoms with Crippen molar-refractivity contribution in [1.82, 2.24) is 5.32 Å². The van der Waals surface area contributed by atoms with Crippen molar-refractivity contribution in [2.24, 2.45) is 0 Å². The summed E-state index contributed by atoms with van der Waals surface area (Å²) in [6, 6.07) is 1.52. The lowest BCUT2D eigenvalue weighted by Gasteiger charge is -2.04. The molecule has 0 spiro atoms. The number of carbonyl (C=O) groups excluding carboxylic acids is 1. The molecule has 0 aliphatic rings. The van der Waals surface area contributed by atoms with Crippen molar-refractivity contribution in [3.05, 3.63) is 35.8 Å². The molecule has 1 amide bonds. The molecular formula is C11H14ClNO3. The van der Waals surface area contributed by atoms with Crippen molar-refractivity contribution >= 4 is 17.5 Å². The maximum absolute atomic E-state index is 11.5. The summed E-state index contributed by atoms with van der Waals surface area (Å²) in [5.41, 5.74) is 0.341. The first kappa shape index (κ1) is 12.8. The minimum absolute atomic E-state index is 0.102. The molecule has 0 saturated heterocycles. The normalized spacial score (nSPS) is 10.1. The van der Waals surface area contributed by atoms with Crippen LogP contribution in [0.25, 0.3) is 0 Å². The number of amides is 1. The van der Waals surface area contributed by atoms with E-state index in [1.165, 1.54) is 12.3 Å². The van der Waals surface area contributed by atoms with Crippen LogP contribution in [0.15, 0.2) is 29.4 Å². The molecule has 5 heteroatoms. The topological polar surface area (TPSA) is 51.5 Å². The van der Waals surface area contributed by atoms with Crippen molar-refractivity contribution in [3.63, 3.8) is 0 Å². The summed E-state index contributed by atoms with van der Waals surface area (Å²) in [7, 11) is 0. The average Bonchev–Trinajstić information content (AvgIpc) is 2.69. The molecule has 0 aliphatic carbocycles. The van der Waals surface area contributed by atoms with E-state index in [0.717, 1.165) is 6.42 Å². The summed E-state index contributed by atoms with van der Waals surface area (Å²) in [5, 5.41) is 2.77. The number of rotatable bonds is 7. The highest BCUT2D eigenvalue weighted by atomic mass is 35.5. The SMILES string of the molecule is C=CCCOCCNC(=O)c1ccoc1Cl. The first-order valence-electron chi connectivity index (χ1n) is 4.95. The van der Waals surface area contributed by atoms with E-state index < -0.39 is 0 Å². The molecule has 0 atom stereocenters. The number of nitrogens with one attached hydrogen (secondary N) is 1. The van der Waals surface area contributed by atoms with Crippen LogP contribution in [0.1, 0.15) is 16.8 Å². The maximum atomic E-state index is 11.5. The van der Waals surface area contributed by atoms with Crippen molar-refractivity contribution in [2.75, 3.05) is 19.8 Å². The van der Waals surface area contributed by atoms with Gasteiger partial charge in [0, 0.05) is 6.54 Å². The van der Waals surface area contributed by atoms with E-state index >= 15 is 0 Å². The number of carbonyl (C=O) groups is 1. The van der Waals surface area contributed by atoms with E-state index in [1.807, 2.05) is 0 Å². The van der Waals surface area contributed by atoms with Gasteiger partial charge in [-0.3, -0.25) is 4.79 Å². The molecule has 1 aromatic rings. The Morgan fingerprint density at radius 2 is 2.44 bits per heavy atom. The Morgan fingerprint density at radius 1 is 1.62 bits per heavy atom. The van der Waals surface area contributed by atoms with Gasteiger partial charge in [-0.05, 0) is 24.1 Å². The highest BCUT2D eigenvalue weighted by Crippen LogP contribution is 2.15. The third-order valence-electron chi connectivity index (χ3n) is 1.86. The molecule has 0 unspecified atom stereocenters. The van der Waals surface area contributed by atoms with Gasteiger partial charge in [0.05, 0.1) is 25.0 Å². The Labute approximate surface area is 99.2 Å². The van der Waals surface area contributed by atoms with E-state index in [0.29, 0.717) is 25.3 Å². The molecule has 0 bridgehead atoms. The van der Waals surface area contributed by atoms with E-state index in [-0.39, 0.29) is 11.1 Å². The van der Waals surface area contributed by atoms with Gasteiger partial charge in [0.2, 0.25) is 5.22 Å². The van der Waals surface area contributed by atoms with Gasteiger partial charge < -0.3 is 14.5 Å². The zero-order valence-electron chi connectivity index (χ0n) is 8.87. The number of hydrogen-bond donors (Lipinski definition) is 1. The van der Waals surface area contributed by atoms with Gasteiger partial charge in [0.1, 0.15) is 0 Å². The molecule has 0 saturated carbocycles. The second-order valence-electron chi connectivity index (χ2n) is 3.05. The summed E-state index contributed by atoms with van der Waals surface area (Å²) in [6.07, 6.45) is 3.96. The van der Waals surface area contributed by atoms with Crippen LogP contribution in [0, 0.1) is 0 Å². The predicted octanol–water partition coefficient (Wildman–Crippen LogP) is 2.26. The minimum Gasteiger partial charge on any atom is -0.452 e. The third kappa shape index (κ3) is 4.08. The smallest absolute Gasteiger partial charge is 0.256 e. The van der Waals surface area contributed by atoms with Gasteiger partial charge in [0.15, 0.2) is 0 Å². The molecule has 0 fully saturated rings. The quantitative estimate of drug-likeness (QED) is 0.590. The van der Waals surface area contributed by atoms with Crippen molar-refractivity contribution in [2.45, 2.75) is 6.42 Å². The second kappa shape index (κ2) is 7.09. The van der Waals surface area contributed by atoms with Gasteiger partial charge >= 0.3 is 0 Å². The fourth-order valence-electron chi connectivity index (χ4n) is 1.06. The summed E-state index contributed by atoms with van der Waals surface area (Å²) < 4.78 is 10.0. The van der Waals surface area contributed by atoms with Crippen LogP contribution >= 0.6 is 11.6 Å². The fourth-order valence-corrected chi connectivity index (χ4v) is 1.26.